The quantitative estimate of drug-likeness (QED) is 0.528. The first-order chi connectivity index (χ1) is 14.1. The van der Waals surface area contributed by atoms with Crippen LogP contribution in [0.1, 0.15) is 16.8 Å². The lowest BCUT2D eigenvalue weighted by Crippen LogP contribution is -2.01. The standard InChI is InChI=1S/C21H16F2N4O2/c22-15-4-1-3-13(7-15)12-28-21-18(23)9-14(11-26-21)8-16-10-19(29-27-16)17-5-2-6-25-20(17)24/h1-7,9-11H,8,12H2,(H2,24,25). The molecule has 1 aromatic carbocycles. The van der Waals surface area contributed by atoms with Crippen LogP contribution >= 0.6 is 0 Å². The number of rotatable bonds is 6. The molecule has 0 spiro atoms. The minimum Gasteiger partial charge on any atom is -0.471 e. The van der Waals surface area contributed by atoms with Gasteiger partial charge in [0.05, 0.1) is 11.3 Å². The van der Waals surface area contributed by atoms with Gasteiger partial charge in [-0.2, -0.15) is 0 Å². The molecule has 0 amide bonds. The van der Waals surface area contributed by atoms with Crippen LogP contribution in [0.4, 0.5) is 14.6 Å². The molecule has 4 rings (SSSR count). The summed E-state index contributed by atoms with van der Waals surface area (Å²) in [5, 5.41) is 3.99. The maximum Gasteiger partial charge on any atom is 0.250 e. The van der Waals surface area contributed by atoms with Crippen molar-refractivity contribution in [3.8, 4) is 17.2 Å². The summed E-state index contributed by atoms with van der Waals surface area (Å²) < 4.78 is 38.2. The molecule has 0 atom stereocenters. The van der Waals surface area contributed by atoms with Gasteiger partial charge >= 0.3 is 0 Å². The molecule has 0 bridgehead atoms. The van der Waals surface area contributed by atoms with E-state index < -0.39 is 5.82 Å². The van der Waals surface area contributed by atoms with Crippen LogP contribution in [0.2, 0.25) is 0 Å². The van der Waals surface area contributed by atoms with E-state index in [2.05, 4.69) is 15.1 Å². The van der Waals surface area contributed by atoms with E-state index in [9.17, 15) is 8.78 Å². The van der Waals surface area contributed by atoms with Crippen molar-refractivity contribution in [3.63, 3.8) is 0 Å². The van der Waals surface area contributed by atoms with Crippen molar-refractivity contribution in [1.82, 2.24) is 15.1 Å². The Hall–Kier alpha value is -3.81. The minimum atomic E-state index is -0.612. The molecule has 0 radical (unpaired) electrons. The second kappa shape index (κ2) is 8.05. The third-order valence-electron chi connectivity index (χ3n) is 4.18. The first-order valence-electron chi connectivity index (χ1n) is 8.76. The summed E-state index contributed by atoms with van der Waals surface area (Å²) >= 11 is 0. The van der Waals surface area contributed by atoms with Crippen molar-refractivity contribution >= 4 is 5.82 Å². The molecule has 2 N–H and O–H groups in total. The van der Waals surface area contributed by atoms with Crippen molar-refractivity contribution in [1.29, 1.82) is 0 Å². The number of halogens is 2. The Bertz CT molecular complexity index is 1150. The van der Waals surface area contributed by atoms with Crippen molar-refractivity contribution in [3.05, 3.63) is 89.4 Å². The number of hydrogen-bond donors (Lipinski definition) is 1. The number of aromatic nitrogens is 3. The molecule has 0 saturated carbocycles. The van der Waals surface area contributed by atoms with Gasteiger partial charge in [0.2, 0.25) is 0 Å². The first kappa shape index (κ1) is 18.5. The average Bonchev–Trinajstić information content (AvgIpc) is 3.16. The van der Waals surface area contributed by atoms with Crippen molar-refractivity contribution < 1.29 is 18.0 Å². The van der Waals surface area contributed by atoms with Gasteiger partial charge < -0.3 is 15.0 Å². The predicted octanol–water partition coefficient (Wildman–Crippen LogP) is 4.16. The van der Waals surface area contributed by atoms with Gasteiger partial charge in [-0.15, -0.1) is 0 Å². The predicted molar refractivity (Wildman–Crippen MR) is 102 cm³/mol. The highest BCUT2D eigenvalue weighted by atomic mass is 19.1. The third-order valence-corrected chi connectivity index (χ3v) is 4.18. The van der Waals surface area contributed by atoms with Gasteiger partial charge in [-0.05, 0) is 41.5 Å². The van der Waals surface area contributed by atoms with Crippen molar-refractivity contribution in [2.75, 3.05) is 5.73 Å². The molecule has 0 aliphatic rings. The van der Waals surface area contributed by atoms with Crippen LogP contribution in [-0.2, 0) is 13.0 Å². The summed E-state index contributed by atoms with van der Waals surface area (Å²) in [7, 11) is 0. The Labute approximate surface area is 165 Å². The highest BCUT2D eigenvalue weighted by Crippen LogP contribution is 2.25. The smallest absolute Gasteiger partial charge is 0.250 e. The SMILES string of the molecule is Nc1ncccc1-c1cc(Cc2cnc(OCc3cccc(F)c3)c(F)c2)no1. The Morgan fingerprint density at radius 1 is 1.00 bits per heavy atom. The molecule has 8 heteroatoms. The highest BCUT2D eigenvalue weighted by Gasteiger charge is 2.13. The lowest BCUT2D eigenvalue weighted by molar-refractivity contribution is 0.276. The highest BCUT2D eigenvalue weighted by molar-refractivity contribution is 5.69. The van der Waals surface area contributed by atoms with Gasteiger partial charge in [-0.3, -0.25) is 0 Å². The molecule has 0 aliphatic heterocycles. The van der Waals surface area contributed by atoms with Gasteiger partial charge in [0, 0.05) is 24.9 Å². The van der Waals surface area contributed by atoms with Crippen LogP contribution in [0.3, 0.4) is 0 Å². The largest absolute Gasteiger partial charge is 0.471 e. The van der Waals surface area contributed by atoms with Gasteiger partial charge in [0.1, 0.15) is 18.2 Å². The average molecular weight is 394 g/mol. The molecular weight excluding hydrogens is 378 g/mol. The Kier molecular flexibility index (Phi) is 5.15. The van der Waals surface area contributed by atoms with E-state index in [4.69, 9.17) is 15.0 Å². The van der Waals surface area contributed by atoms with E-state index in [0.717, 1.165) is 0 Å². The normalized spacial score (nSPS) is 10.8. The van der Waals surface area contributed by atoms with Crippen molar-refractivity contribution in [2.45, 2.75) is 13.0 Å². The summed E-state index contributed by atoms with van der Waals surface area (Å²) in [4.78, 5) is 8.02. The van der Waals surface area contributed by atoms with Gasteiger partial charge in [-0.25, -0.2) is 18.7 Å². The fourth-order valence-corrected chi connectivity index (χ4v) is 2.80. The van der Waals surface area contributed by atoms with Gasteiger partial charge in [0.15, 0.2) is 11.6 Å². The van der Waals surface area contributed by atoms with Crippen LogP contribution in [0.25, 0.3) is 11.3 Å². The molecule has 0 fully saturated rings. The van der Waals surface area contributed by atoms with E-state index >= 15 is 0 Å². The van der Waals surface area contributed by atoms with Crippen LogP contribution in [0.5, 0.6) is 5.88 Å². The fraction of sp³-hybridized carbons (Fsp3) is 0.0952. The summed E-state index contributed by atoms with van der Waals surface area (Å²) in [6, 6.07) is 12.5. The fourth-order valence-electron chi connectivity index (χ4n) is 2.80. The van der Waals surface area contributed by atoms with E-state index in [1.54, 1.807) is 36.5 Å². The van der Waals surface area contributed by atoms with Crippen LogP contribution in [0.15, 0.2) is 65.4 Å². The monoisotopic (exact) mass is 394 g/mol. The van der Waals surface area contributed by atoms with Crippen LogP contribution in [0, 0.1) is 11.6 Å². The zero-order valence-electron chi connectivity index (χ0n) is 15.2. The Morgan fingerprint density at radius 3 is 2.69 bits per heavy atom. The molecule has 4 aromatic rings. The number of anilines is 1. The molecule has 0 aliphatic carbocycles. The molecule has 0 unspecified atom stereocenters. The number of ether oxygens (including phenoxy) is 1. The number of hydrogen-bond acceptors (Lipinski definition) is 6. The third kappa shape index (κ3) is 4.37. The molecule has 146 valence electrons. The summed E-state index contributed by atoms with van der Waals surface area (Å²) in [6.45, 7) is 0.0141. The van der Waals surface area contributed by atoms with Gasteiger partial charge in [-0.1, -0.05) is 17.3 Å². The maximum atomic E-state index is 14.3. The molecule has 29 heavy (non-hydrogen) atoms. The molecule has 6 nitrogen and oxygen atoms in total. The minimum absolute atomic E-state index is 0.0141. The lowest BCUT2D eigenvalue weighted by Gasteiger charge is -2.07. The number of nitrogen functional groups attached to an aromatic ring is 1. The van der Waals surface area contributed by atoms with Gasteiger partial charge in [0.25, 0.3) is 5.88 Å². The lowest BCUT2D eigenvalue weighted by atomic mass is 10.1. The number of nitrogens with zero attached hydrogens (tertiary/aromatic N) is 3. The summed E-state index contributed by atoms with van der Waals surface area (Å²) in [5.74, 6) is -0.326. The summed E-state index contributed by atoms with van der Waals surface area (Å²) in [5.41, 5.74) is 8.25. The Morgan fingerprint density at radius 2 is 1.90 bits per heavy atom. The van der Waals surface area contributed by atoms with Crippen LogP contribution < -0.4 is 10.5 Å². The molecule has 3 heterocycles. The molecule has 3 aromatic heterocycles. The van der Waals surface area contributed by atoms with E-state index in [0.29, 0.717) is 40.4 Å². The number of pyridine rings is 2. The van der Waals surface area contributed by atoms with E-state index in [1.807, 2.05) is 0 Å². The summed E-state index contributed by atoms with van der Waals surface area (Å²) in [6.07, 6.45) is 3.40. The number of benzene rings is 1. The zero-order chi connectivity index (χ0) is 20.2. The molecular formula is C21H16F2N4O2. The Balaban J connectivity index is 1.44. The first-order valence-corrected chi connectivity index (χ1v) is 8.76. The molecule has 0 saturated heterocycles. The van der Waals surface area contributed by atoms with E-state index in [-0.39, 0.29) is 18.3 Å². The topological polar surface area (TPSA) is 87.1 Å². The second-order valence-electron chi connectivity index (χ2n) is 6.34. The zero-order valence-corrected chi connectivity index (χ0v) is 15.2. The van der Waals surface area contributed by atoms with Crippen molar-refractivity contribution in [2.24, 2.45) is 0 Å². The van der Waals surface area contributed by atoms with E-state index in [1.165, 1.54) is 24.4 Å². The number of nitrogens with two attached hydrogens (primary N) is 1. The second-order valence-corrected chi connectivity index (χ2v) is 6.34. The van der Waals surface area contributed by atoms with Crippen LogP contribution in [-0.4, -0.2) is 15.1 Å². The maximum absolute atomic E-state index is 14.3.